The van der Waals surface area contributed by atoms with Gasteiger partial charge in [-0.15, -0.1) is 0 Å². The third-order valence-corrected chi connectivity index (χ3v) is 5.63. The number of carbonyl (C=O) groups excluding carboxylic acids is 1. The number of halogens is 1. The van der Waals surface area contributed by atoms with Gasteiger partial charge in [-0.2, -0.15) is 10.4 Å². The summed E-state index contributed by atoms with van der Waals surface area (Å²) in [6.07, 6.45) is 3.34. The summed E-state index contributed by atoms with van der Waals surface area (Å²) in [6.45, 7) is 4.48. The van der Waals surface area contributed by atoms with Crippen LogP contribution < -0.4 is 10.1 Å². The highest BCUT2D eigenvalue weighted by Gasteiger charge is 2.17. The number of rotatable bonds is 7. The van der Waals surface area contributed by atoms with Crippen molar-refractivity contribution in [3.05, 3.63) is 101 Å². The quantitative estimate of drug-likeness (QED) is 0.242. The highest BCUT2D eigenvalue weighted by Crippen LogP contribution is 2.30. The normalized spacial score (nSPS) is 11.1. The van der Waals surface area contributed by atoms with Crippen molar-refractivity contribution in [2.24, 2.45) is 0 Å². The number of carbonyl (C=O) groups is 1. The minimum Gasteiger partial charge on any atom is -0.494 e. The van der Waals surface area contributed by atoms with Crippen LogP contribution in [0.1, 0.15) is 18.1 Å². The van der Waals surface area contributed by atoms with Crippen LogP contribution >= 0.6 is 11.6 Å². The highest BCUT2D eigenvalue weighted by atomic mass is 35.5. The Morgan fingerprint density at radius 1 is 1.14 bits per heavy atom. The SMILES string of the molecule is CCOc1ccc(-c2nn(-c3ccccc3)cc2/C=C(/C#N)C(=O)Nc2ccccc2Cl)cc1C. The average molecular weight is 483 g/mol. The van der Waals surface area contributed by atoms with E-state index in [0.29, 0.717) is 28.6 Å². The second-order valence-electron chi connectivity index (χ2n) is 7.73. The number of para-hydroxylation sites is 2. The van der Waals surface area contributed by atoms with E-state index in [1.54, 1.807) is 41.2 Å². The minimum absolute atomic E-state index is 0.0681. The Morgan fingerprint density at radius 2 is 1.89 bits per heavy atom. The van der Waals surface area contributed by atoms with Gasteiger partial charge in [-0.25, -0.2) is 4.68 Å². The van der Waals surface area contributed by atoms with Crippen molar-refractivity contribution in [2.75, 3.05) is 11.9 Å². The van der Waals surface area contributed by atoms with Crippen LogP contribution in [-0.2, 0) is 4.79 Å². The topological polar surface area (TPSA) is 79.9 Å². The molecule has 0 bridgehead atoms. The summed E-state index contributed by atoms with van der Waals surface area (Å²) < 4.78 is 7.40. The molecule has 0 saturated carbocycles. The third-order valence-electron chi connectivity index (χ3n) is 5.30. The van der Waals surface area contributed by atoms with Crippen molar-refractivity contribution in [3.63, 3.8) is 0 Å². The van der Waals surface area contributed by atoms with Gasteiger partial charge in [0.15, 0.2) is 0 Å². The minimum atomic E-state index is -0.554. The van der Waals surface area contributed by atoms with Crippen molar-refractivity contribution >= 4 is 29.3 Å². The molecule has 0 spiro atoms. The first-order valence-electron chi connectivity index (χ1n) is 11.1. The zero-order valence-electron chi connectivity index (χ0n) is 19.3. The van der Waals surface area contributed by atoms with Crippen LogP contribution in [0.15, 0.2) is 84.6 Å². The second kappa shape index (κ2) is 10.7. The number of nitrogens with one attached hydrogen (secondary N) is 1. The molecule has 6 nitrogen and oxygen atoms in total. The summed E-state index contributed by atoms with van der Waals surface area (Å²) >= 11 is 6.16. The Bertz CT molecular complexity index is 1440. The first kappa shape index (κ1) is 23.8. The van der Waals surface area contributed by atoms with E-state index in [9.17, 15) is 10.1 Å². The summed E-state index contributed by atoms with van der Waals surface area (Å²) in [5.74, 6) is 0.245. The Balaban J connectivity index is 1.77. The van der Waals surface area contributed by atoms with Gasteiger partial charge in [0, 0.05) is 17.3 Å². The lowest BCUT2D eigenvalue weighted by molar-refractivity contribution is -0.112. The van der Waals surface area contributed by atoms with E-state index in [2.05, 4.69) is 5.32 Å². The molecule has 1 heterocycles. The Morgan fingerprint density at radius 3 is 2.57 bits per heavy atom. The van der Waals surface area contributed by atoms with Crippen LogP contribution in [0, 0.1) is 18.3 Å². The number of aryl methyl sites for hydroxylation is 1. The number of benzene rings is 3. The number of hydrogen-bond donors (Lipinski definition) is 1. The van der Waals surface area contributed by atoms with Gasteiger partial charge in [0.2, 0.25) is 0 Å². The first-order chi connectivity index (χ1) is 17.0. The van der Waals surface area contributed by atoms with E-state index in [-0.39, 0.29) is 5.57 Å². The molecule has 0 unspecified atom stereocenters. The number of amides is 1. The van der Waals surface area contributed by atoms with E-state index >= 15 is 0 Å². The molecule has 4 rings (SSSR count). The zero-order chi connectivity index (χ0) is 24.8. The molecule has 0 radical (unpaired) electrons. The molecule has 0 atom stereocenters. The molecule has 35 heavy (non-hydrogen) atoms. The molecule has 0 fully saturated rings. The molecule has 0 aliphatic rings. The fourth-order valence-corrected chi connectivity index (χ4v) is 3.78. The maximum absolute atomic E-state index is 12.9. The zero-order valence-corrected chi connectivity index (χ0v) is 20.1. The van der Waals surface area contributed by atoms with Gasteiger partial charge < -0.3 is 10.1 Å². The van der Waals surface area contributed by atoms with Gasteiger partial charge in [0.25, 0.3) is 5.91 Å². The molecule has 7 heteroatoms. The summed E-state index contributed by atoms with van der Waals surface area (Å²) in [5, 5.41) is 17.6. The van der Waals surface area contributed by atoms with Gasteiger partial charge in [-0.1, -0.05) is 41.9 Å². The summed E-state index contributed by atoms with van der Waals surface area (Å²) in [6, 6.07) is 24.3. The third kappa shape index (κ3) is 5.43. The van der Waals surface area contributed by atoms with E-state index in [1.807, 2.05) is 68.4 Å². The van der Waals surface area contributed by atoms with Crippen molar-refractivity contribution < 1.29 is 9.53 Å². The molecule has 0 saturated heterocycles. The Kier molecular flexibility index (Phi) is 7.30. The van der Waals surface area contributed by atoms with E-state index in [1.165, 1.54) is 0 Å². The fourth-order valence-electron chi connectivity index (χ4n) is 3.60. The number of anilines is 1. The van der Waals surface area contributed by atoms with Crippen molar-refractivity contribution in [3.8, 4) is 28.8 Å². The van der Waals surface area contributed by atoms with Crippen molar-refractivity contribution in [1.82, 2.24) is 9.78 Å². The van der Waals surface area contributed by atoms with E-state index in [4.69, 9.17) is 21.4 Å². The number of ether oxygens (including phenoxy) is 1. The largest absolute Gasteiger partial charge is 0.494 e. The Labute approximate surface area is 209 Å². The molecule has 174 valence electrons. The molecule has 1 N–H and O–H groups in total. The summed E-state index contributed by atoms with van der Waals surface area (Å²) in [4.78, 5) is 12.9. The second-order valence-corrected chi connectivity index (χ2v) is 8.14. The lowest BCUT2D eigenvalue weighted by Gasteiger charge is -2.09. The van der Waals surface area contributed by atoms with Gasteiger partial charge in [-0.3, -0.25) is 4.79 Å². The molecular weight excluding hydrogens is 460 g/mol. The predicted octanol–water partition coefficient (Wildman–Crippen LogP) is 6.45. The molecular formula is C28H23ClN4O2. The van der Waals surface area contributed by atoms with Gasteiger partial charge in [0.1, 0.15) is 23.1 Å². The number of nitriles is 1. The van der Waals surface area contributed by atoms with Crippen LogP contribution in [0.5, 0.6) is 5.75 Å². The predicted molar refractivity (Wildman–Crippen MR) is 139 cm³/mol. The first-order valence-corrected chi connectivity index (χ1v) is 11.4. The van der Waals surface area contributed by atoms with Gasteiger partial charge in [-0.05, 0) is 68.0 Å². The summed E-state index contributed by atoms with van der Waals surface area (Å²) in [7, 11) is 0. The van der Waals surface area contributed by atoms with Gasteiger partial charge >= 0.3 is 0 Å². The average Bonchev–Trinajstić information content (AvgIpc) is 3.29. The molecule has 0 aliphatic carbocycles. The monoisotopic (exact) mass is 482 g/mol. The molecule has 4 aromatic rings. The van der Waals surface area contributed by atoms with Crippen LogP contribution in [0.25, 0.3) is 23.0 Å². The number of aromatic nitrogens is 2. The Hall–Kier alpha value is -4.34. The maximum atomic E-state index is 12.9. The van der Waals surface area contributed by atoms with Crippen molar-refractivity contribution in [2.45, 2.75) is 13.8 Å². The molecule has 0 aliphatic heterocycles. The number of nitrogens with zero attached hydrogens (tertiary/aromatic N) is 3. The maximum Gasteiger partial charge on any atom is 0.266 e. The highest BCUT2D eigenvalue weighted by molar-refractivity contribution is 6.34. The van der Waals surface area contributed by atoms with Crippen LogP contribution in [0.3, 0.4) is 0 Å². The molecule has 3 aromatic carbocycles. The standard InChI is InChI=1S/C28H23ClN4O2/c1-3-35-26-14-13-20(15-19(26)2)27-22(18-33(32-27)23-9-5-4-6-10-23)16-21(17-30)28(34)31-25-12-8-7-11-24(25)29/h4-16,18H,3H2,1-2H3,(H,31,34)/b21-16-. The lowest BCUT2D eigenvalue weighted by Crippen LogP contribution is -2.13. The number of hydrogen-bond acceptors (Lipinski definition) is 4. The molecule has 1 amide bonds. The lowest BCUT2D eigenvalue weighted by atomic mass is 10.0. The van der Waals surface area contributed by atoms with E-state index < -0.39 is 5.91 Å². The van der Waals surface area contributed by atoms with Crippen LogP contribution in [-0.4, -0.2) is 22.3 Å². The van der Waals surface area contributed by atoms with E-state index in [0.717, 1.165) is 22.6 Å². The van der Waals surface area contributed by atoms with Crippen LogP contribution in [0.4, 0.5) is 5.69 Å². The smallest absolute Gasteiger partial charge is 0.266 e. The fraction of sp³-hybridized carbons (Fsp3) is 0.107. The summed E-state index contributed by atoms with van der Waals surface area (Å²) in [5.41, 5.74) is 4.29. The van der Waals surface area contributed by atoms with Crippen LogP contribution in [0.2, 0.25) is 5.02 Å². The van der Waals surface area contributed by atoms with Gasteiger partial charge in [0.05, 0.1) is 23.0 Å². The molecule has 1 aromatic heterocycles. The van der Waals surface area contributed by atoms with Crippen molar-refractivity contribution in [1.29, 1.82) is 5.26 Å².